The number of benzene rings is 1. The summed E-state index contributed by atoms with van der Waals surface area (Å²) in [5, 5.41) is 9.69. The minimum absolute atomic E-state index is 0.154. The average Bonchev–Trinajstić information content (AvgIpc) is 2.42. The fourth-order valence-electron chi connectivity index (χ4n) is 1.82. The molecule has 0 unspecified atom stereocenters. The molecule has 18 heavy (non-hydrogen) atoms. The van der Waals surface area contributed by atoms with Crippen LogP contribution in [0.2, 0.25) is 5.02 Å². The number of halogens is 1. The predicted octanol–water partition coefficient (Wildman–Crippen LogP) is 3.39. The highest BCUT2D eigenvalue weighted by molar-refractivity contribution is 6.31. The summed E-state index contributed by atoms with van der Waals surface area (Å²) in [6.07, 6.45) is 0. The summed E-state index contributed by atoms with van der Waals surface area (Å²) >= 11 is 5.95. The molecule has 0 radical (unpaired) electrons. The maximum absolute atomic E-state index is 9.20. The number of hydrogen-bond donors (Lipinski definition) is 1. The van der Waals surface area contributed by atoms with E-state index in [0.29, 0.717) is 10.7 Å². The van der Waals surface area contributed by atoms with Crippen LogP contribution < -0.4 is 4.90 Å². The van der Waals surface area contributed by atoms with Crippen LogP contribution in [-0.2, 0) is 6.61 Å². The zero-order chi connectivity index (χ0) is 13.0. The van der Waals surface area contributed by atoms with Crippen LogP contribution in [0.15, 0.2) is 42.5 Å². The molecular formula is C14H15ClN2O. The predicted molar refractivity (Wildman–Crippen MR) is 74.3 cm³/mol. The summed E-state index contributed by atoms with van der Waals surface area (Å²) in [5.74, 6) is 0.789. The Bertz CT molecular complexity index is 516. The normalized spacial score (nSPS) is 10.4. The minimum Gasteiger partial charge on any atom is -0.390 e. The van der Waals surface area contributed by atoms with Crippen molar-refractivity contribution in [3.63, 3.8) is 0 Å². The fourth-order valence-corrected chi connectivity index (χ4v) is 1.98. The van der Waals surface area contributed by atoms with Gasteiger partial charge in [0.2, 0.25) is 0 Å². The van der Waals surface area contributed by atoms with Gasteiger partial charge >= 0.3 is 0 Å². The fraction of sp³-hybridized carbons (Fsp3) is 0.214. The van der Waals surface area contributed by atoms with Crippen molar-refractivity contribution in [2.45, 2.75) is 13.5 Å². The van der Waals surface area contributed by atoms with Gasteiger partial charge in [0.25, 0.3) is 0 Å². The molecule has 0 aliphatic heterocycles. The van der Waals surface area contributed by atoms with Gasteiger partial charge in [-0.25, -0.2) is 4.98 Å². The molecule has 0 spiro atoms. The Morgan fingerprint density at radius 2 is 1.89 bits per heavy atom. The average molecular weight is 263 g/mol. The highest BCUT2D eigenvalue weighted by Crippen LogP contribution is 2.25. The first kappa shape index (κ1) is 12.9. The van der Waals surface area contributed by atoms with Crippen LogP contribution in [-0.4, -0.2) is 16.6 Å². The van der Waals surface area contributed by atoms with E-state index in [-0.39, 0.29) is 6.61 Å². The molecular weight excluding hydrogens is 248 g/mol. The molecule has 1 aromatic carbocycles. The van der Waals surface area contributed by atoms with Gasteiger partial charge in [-0.3, -0.25) is 0 Å². The SMILES string of the molecule is CCN(c1ccccc1)c1ccc(Cl)c(CO)n1. The number of aromatic nitrogens is 1. The summed E-state index contributed by atoms with van der Waals surface area (Å²) in [7, 11) is 0. The summed E-state index contributed by atoms with van der Waals surface area (Å²) in [4.78, 5) is 6.45. The molecule has 0 aliphatic carbocycles. The number of hydrogen-bond acceptors (Lipinski definition) is 3. The molecule has 1 heterocycles. The van der Waals surface area contributed by atoms with Crippen LogP contribution in [0.1, 0.15) is 12.6 Å². The zero-order valence-electron chi connectivity index (χ0n) is 10.2. The lowest BCUT2D eigenvalue weighted by molar-refractivity contribution is 0.277. The van der Waals surface area contributed by atoms with Crippen LogP contribution in [0.5, 0.6) is 0 Å². The zero-order valence-corrected chi connectivity index (χ0v) is 10.9. The van der Waals surface area contributed by atoms with E-state index in [4.69, 9.17) is 11.6 Å². The second-order valence-corrected chi connectivity index (χ2v) is 4.24. The van der Waals surface area contributed by atoms with Gasteiger partial charge in [0.05, 0.1) is 17.3 Å². The van der Waals surface area contributed by atoms with E-state index < -0.39 is 0 Å². The third-order valence-electron chi connectivity index (χ3n) is 2.71. The third-order valence-corrected chi connectivity index (χ3v) is 3.06. The highest BCUT2D eigenvalue weighted by Gasteiger charge is 2.10. The summed E-state index contributed by atoms with van der Waals surface area (Å²) in [5.41, 5.74) is 1.57. The Balaban J connectivity index is 2.39. The maximum atomic E-state index is 9.20. The van der Waals surface area contributed by atoms with Gasteiger partial charge in [0, 0.05) is 12.2 Å². The van der Waals surface area contributed by atoms with Crippen LogP contribution in [0.25, 0.3) is 0 Å². The van der Waals surface area contributed by atoms with E-state index >= 15 is 0 Å². The summed E-state index contributed by atoms with van der Waals surface area (Å²) in [6, 6.07) is 13.6. The van der Waals surface area contributed by atoms with Crippen LogP contribution in [0.3, 0.4) is 0 Å². The van der Waals surface area contributed by atoms with Crippen LogP contribution >= 0.6 is 11.6 Å². The molecule has 1 N–H and O–H groups in total. The topological polar surface area (TPSA) is 36.4 Å². The van der Waals surface area contributed by atoms with Gasteiger partial charge in [0.15, 0.2) is 0 Å². The first-order valence-corrected chi connectivity index (χ1v) is 6.23. The van der Waals surface area contributed by atoms with E-state index in [1.54, 1.807) is 6.07 Å². The molecule has 0 saturated carbocycles. The number of anilines is 2. The van der Waals surface area contributed by atoms with Gasteiger partial charge < -0.3 is 10.0 Å². The molecule has 2 aromatic rings. The molecule has 0 fully saturated rings. The first-order valence-electron chi connectivity index (χ1n) is 5.85. The Hall–Kier alpha value is -1.58. The smallest absolute Gasteiger partial charge is 0.133 e. The van der Waals surface area contributed by atoms with Gasteiger partial charge in [-0.2, -0.15) is 0 Å². The lowest BCUT2D eigenvalue weighted by atomic mass is 10.2. The Kier molecular flexibility index (Phi) is 4.18. The van der Waals surface area contributed by atoms with Crippen molar-refractivity contribution < 1.29 is 5.11 Å². The number of aliphatic hydroxyl groups excluding tert-OH is 1. The monoisotopic (exact) mass is 262 g/mol. The number of aliphatic hydroxyl groups is 1. The van der Waals surface area contributed by atoms with E-state index in [0.717, 1.165) is 18.1 Å². The second-order valence-electron chi connectivity index (χ2n) is 3.84. The number of nitrogens with zero attached hydrogens (tertiary/aromatic N) is 2. The molecule has 0 aliphatic rings. The molecule has 0 atom stereocenters. The lowest BCUT2D eigenvalue weighted by Gasteiger charge is -2.22. The molecule has 1 aromatic heterocycles. The van der Waals surface area contributed by atoms with Crippen LogP contribution in [0, 0.1) is 0 Å². The minimum atomic E-state index is -0.154. The van der Waals surface area contributed by atoms with E-state index in [9.17, 15) is 5.11 Å². The molecule has 4 heteroatoms. The first-order chi connectivity index (χ1) is 8.76. The lowest BCUT2D eigenvalue weighted by Crippen LogP contribution is -2.17. The molecule has 0 amide bonds. The molecule has 94 valence electrons. The van der Waals surface area contributed by atoms with Crippen molar-refractivity contribution in [1.29, 1.82) is 0 Å². The number of pyridine rings is 1. The summed E-state index contributed by atoms with van der Waals surface area (Å²) < 4.78 is 0. The van der Waals surface area contributed by atoms with Crippen molar-refractivity contribution in [2.75, 3.05) is 11.4 Å². The Morgan fingerprint density at radius 1 is 1.17 bits per heavy atom. The van der Waals surface area contributed by atoms with Crippen LogP contribution in [0.4, 0.5) is 11.5 Å². The van der Waals surface area contributed by atoms with Crippen molar-refractivity contribution in [1.82, 2.24) is 4.98 Å². The third kappa shape index (κ3) is 2.63. The van der Waals surface area contributed by atoms with Gasteiger partial charge in [0.1, 0.15) is 5.82 Å². The van der Waals surface area contributed by atoms with E-state index in [1.165, 1.54) is 0 Å². The van der Waals surface area contributed by atoms with Gasteiger partial charge in [-0.15, -0.1) is 0 Å². The highest BCUT2D eigenvalue weighted by atomic mass is 35.5. The van der Waals surface area contributed by atoms with E-state index in [1.807, 2.05) is 36.4 Å². The molecule has 0 bridgehead atoms. The van der Waals surface area contributed by atoms with Crippen molar-refractivity contribution in [3.05, 3.63) is 53.2 Å². The summed E-state index contributed by atoms with van der Waals surface area (Å²) in [6.45, 7) is 2.70. The van der Waals surface area contributed by atoms with Gasteiger partial charge in [-0.05, 0) is 31.2 Å². The maximum Gasteiger partial charge on any atom is 0.133 e. The second kappa shape index (κ2) is 5.85. The largest absolute Gasteiger partial charge is 0.390 e. The van der Waals surface area contributed by atoms with E-state index in [2.05, 4.69) is 16.8 Å². The Labute approximate surface area is 112 Å². The quantitative estimate of drug-likeness (QED) is 0.918. The van der Waals surface area contributed by atoms with Crippen molar-refractivity contribution in [3.8, 4) is 0 Å². The molecule has 0 saturated heterocycles. The standard InChI is InChI=1S/C14H15ClN2O/c1-2-17(11-6-4-3-5-7-11)14-9-8-12(15)13(10-18)16-14/h3-9,18H,2,10H2,1H3. The molecule has 2 rings (SSSR count). The van der Waals surface area contributed by atoms with Crippen molar-refractivity contribution in [2.24, 2.45) is 0 Å². The van der Waals surface area contributed by atoms with Crippen molar-refractivity contribution >= 4 is 23.1 Å². The number of rotatable bonds is 4. The van der Waals surface area contributed by atoms with Gasteiger partial charge in [-0.1, -0.05) is 29.8 Å². The Morgan fingerprint density at radius 3 is 2.50 bits per heavy atom. The molecule has 3 nitrogen and oxygen atoms in total. The number of para-hydroxylation sites is 1.